The van der Waals surface area contributed by atoms with E-state index in [4.69, 9.17) is 0 Å². The summed E-state index contributed by atoms with van der Waals surface area (Å²) in [6, 6.07) is 7.74. The van der Waals surface area contributed by atoms with Gasteiger partial charge in [-0.3, -0.25) is 10.1 Å². The Morgan fingerprint density at radius 2 is 2.03 bits per heavy atom. The lowest BCUT2D eigenvalue weighted by Crippen LogP contribution is -2.57. The third kappa shape index (κ3) is 2.71. The highest BCUT2D eigenvalue weighted by atomic mass is 16.6. The number of nitrogens with zero attached hydrogens (tertiary/aromatic N) is 6. The average molecular weight is 392 g/mol. The first-order chi connectivity index (χ1) is 14.1. The lowest BCUT2D eigenvalue weighted by Gasteiger charge is -2.49. The maximum atomic E-state index is 11.4. The van der Waals surface area contributed by atoms with E-state index in [-0.39, 0.29) is 16.7 Å². The van der Waals surface area contributed by atoms with Gasteiger partial charge in [-0.15, -0.1) is 10.2 Å². The molecule has 8 heteroatoms. The molecule has 1 fully saturated rings. The van der Waals surface area contributed by atoms with Gasteiger partial charge in [0.25, 0.3) is 5.69 Å². The maximum absolute atomic E-state index is 11.4. The fourth-order valence-corrected chi connectivity index (χ4v) is 5.46. The fraction of sp³-hybridized carbons (Fsp3) is 0.571. The van der Waals surface area contributed by atoms with Crippen molar-refractivity contribution in [2.45, 2.75) is 69.4 Å². The summed E-state index contributed by atoms with van der Waals surface area (Å²) in [4.78, 5) is 13.3. The number of nitro benzene ring substituents is 1. The minimum Gasteiger partial charge on any atom is -0.366 e. The Balaban J connectivity index is 1.68. The summed E-state index contributed by atoms with van der Waals surface area (Å²) in [6.07, 6.45) is 7.72. The van der Waals surface area contributed by atoms with Crippen LogP contribution in [0.25, 0.3) is 0 Å². The lowest BCUT2D eigenvalue weighted by atomic mass is 9.68. The molecular formula is C21H24N6O2. The Kier molecular flexibility index (Phi) is 4.26. The molecule has 0 spiro atoms. The number of nitro groups is 1. The minimum absolute atomic E-state index is 0.0201. The molecular weight excluding hydrogens is 368 g/mol. The van der Waals surface area contributed by atoms with Gasteiger partial charge in [0.15, 0.2) is 5.82 Å². The molecule has 0 aliphatic carbocycles. The second kappa shape index (κ2) is 6.83. The second-order valence-corrected chi connectivity index (χ2v) is 8.44. The first-order valence-electron chi connectivity index (χ1n) is 10.5. The van der Waals surface area contributed by atoms with Crippen LogP contribution in [0.3, 0.4) is 0 Å². The monoisotopic (exact) mass is 392 g/mol. The molecule has 4 heterocycles. The summed E-state index contributed by atoms with van der Waals surface area (Å²) in [5.74, 6) is 1.73. The average Bonchev–Trinajstić information content (AvgIpc) is 3.01. The van der Waals surface area contributed by atoms with Crippen LogP contribution in [0, 0.1) is 21.4 Å². The predicted octanol–water partition coefficient (Wildman–Crippen LogP) is 3.29. The van der Waals surface area contributed by atoms with Gasteiger partial charge in [0.2, 0.25) is 0 Å². The molecule has 0 radical (unpaired) electrons. The van der Waals surface area contributed by atoms with Crippen molar-refractivity contribution in [1.82, 2.24) is 14.8 Å². The van der Waals surface area contributed by atoms with Crippen LogP contribution in [0.5, 0.6) is 0 Å². The first-order valence-corrected chi connectivity index (χ1v) is 10.5. The summed E-state index contributed by atoms with van der Waals surface area (Å²) < 4.78 is 2.17. The number of rotatable bonds is 2. The summed E-state index contributed by atoms with van der Waals surface area (Å²) in [5, 5.41) is 30.9. The van der Waals surface area contributed by atoms with Gasteiger partial charge < -0.3 is 9.47 Å². The normalized spacial score (nSPS) is 25.9. The quantitative estimate of drug-likeness (QED) is 0.574. The number of hydrogen-bond acceptors (Lipinski definition) is 6. The number of aryl methyl sites for hydroxylation is 1. The molecule has 1 saturated heterocycles. The maximum Gasteiger partial charge on any atom is 0.269 e. The number of non-ortho nitro benzene ring substituents is 1. The van der Waals surface area contributed by atoms with Gasteiger partial charge in [-0.1, -0.05) is 6.42 Å². The van der Waals surface area contributed by atoms with Crippen LogP contribution in [0.2, 0.25) is 0 Å². The Morgan fingerprint density at radius 3 is 2.86 bits per heavy atom. The molecule has 8 nitrogen and oxygen atoms in total. The van der Waals surface area contributed by atoms with Gasteiger partial charge in [-0.25, -0.2) is 0 Å². The molecule has 5 rings (SSSR count). The zero-order chi connectivity index (χ0) is 20.0. The molecule has 29 heavy (non-hydrogen) atoms. The van der Waals surface area contributed by atoms with Crippen LogP contribution in [-0.4, -0.2) is 32.3 Å². The molecule has 3 aliphatic heterocycles. The molecule has 0 amide bonds. The second-order valence-electron chi connectivity index (χ2n) is 8.44. The van der Waals surface area contributed by atoms with Gasteiger partial charge in [-0.2, -0.15) is 5.26 Å². The van der Waals surface area contributed by atoms with Crippen molar-refractivity contribution in [2.75, 3.05) is 11.4 Å². The van der Waals surface area contributed by atoms with Crippen molar-refractivity contribution in [3.63, 3.8) is 0 Å². The molecule has 1 aromatic heterocycles. The Morgan fingerprint density at radius 1 is 1.17 bits per heavy atom. The third-order valence-electron chi connectivity index (χ3n) is 6.83. The van der Waals surface area contributed by atoms with Gasteiger partial charge in [0, 0.05) is 43.8 Å². The van der Waals surface area contributed by atoms with Crippen LogP contribution in [0.15, 0.2) is 18.2 Å². The third-order valence-corrected chi connectivity index (χ3v) is 6.83. The predicted molar refractivity (Wildman–Crippen MR) is 107 cm³/mol. The SMILES string of the molecule is N#C[C@]1(c2nnc3n2CCCCC3)Cc2cc([N+](=O)[O-])ccc2N2CCCC[C@@H]21. The molecule has 2 aromatic rings. The Labute approximate surface area is 169 Å². The summed E-state index contributed by atoms with van der Waals surface area (Å²) >= 11 is 0. The summed E-state index contributed by atoms with van der Waals surface area (Å²) in [7, 11) is 0. The molecule has 3 aliphatic rings. The molecule has 0 bridgehead atoms. The van der Waals surface area contributed by atoms with E-state index in [0.717, 1.165) is 80.9 Å². The van der Waals surface area contributed by atoms with Crippen LogP contribution in [-0.2, 0) is 24.8 Å². The number of anilines is 1. The number of nitriles is 1. The molecule has 150 valence electrons. The number of hydrogen-bond donors (Lipinski definition) is 0. The van der Waals surface area contributed by atoms with Crippen molar-refractivity contribution < 1.29 is 4.92 Å². The smallest absolute Gasteiger partial charge is 0.269 e. The van der Waals surface area contributed by atoms with Crippen LogP contribution in [0.1, 0.15) is 55.7 Å². The number of piperidine rings is 1. The van der Waals surface area contributed by atoms with Gasteiger partial charge in [0.05, 0.1) is 17.0 Å². The highest BCUT2D eigenvalue weighted by molar-refractivity contribution is 5.64. The molecule has 0 N–H and O–H groups in total. The molecule has 0 saturated carbocycles. The van der Waals surface area contributed by atoms with Gasteiger partial charge >= 0.3 is 0 Å². The zero-order valence-corrected chi connectivity index (χ0v) is 16.4. The van der Waals surface area contributed by atoms with Crippen molar-refractivity contribution in [1.29, 1.82) is 5.26 Å². The highest BCUT2D eigenvalue weighted by Crippen LogP contribution is 2.47. The molecule has 0 unspecified atom stereocenters. The lowest BCUT2D eigenvalue weighted by molar-refractivity contribution is -0.384. The highest BCUT2D eigenvalue weighted by Gasteiger charge is 2.52. The van der Waals surface area contributed by atoms with Gasteiger partial charge in [-0.05, 0) is 43.7 Å². The minimum atomic E-state index is -0.835. The van der Waals surface area contributed by atoms with E-state index in [1.54, 1.807) is 12.1 Å². The fourth-order valence-electron chi connectivity index (χ4n) is 5.46. The standard InChI is InChI=1S/C21H24N6O2/c22-14-21(20-24-23-19-7-2-1-4-11-26(19)20)13-15-12-16(27(28)29)8-9-17(15)25-10-5-3-6-18(21)25/h8-9,12,18H,1-7,10-11,13H2/t18-,21-/m1/s1. The first kappa shape index (κ1) is 18.1. The zero-order valence-electron chi connectivity index (χ0n) is 16.4. The van der Waals surface area contributed by atoms with E-state index < -0.39 is 5.41 Å². The van der Waals surface area contributed by atoms with Crippen molar-refractivity contribution in [3.8, 4) is 6.07 Å². The van der Waals surface area contributed by atoms with E-state index >= 15 is 0 Å². The summed E-state index contributed by atoms with van der Waals surface area (Å²) in [6.45, 7) is 1.70. The topological polar surface area (TPSA) is 101 Å². The van der Waals surface area contributed by atoms with Crippen molar-refractivity contribution >= 4 is 11.4 Å². The summed E-state index contributed by atoms with van der Waals surface area (Å²) in [5.41, 5.74) is 1.14. The Hall–Kier alpha value is -2.95. The molecule has 2 atom stereocenters. The number of aromatic nitrogens is 3. The largest absolute Gasteiger partial charge is 0.366 e. The van der Waals surface area contributed by atoms with E-state index in [1.165, 1.54) is 0 Å². The number of fused-ring (bicyclic) bond motifs is 4. The van der Waals surface area contributed by atoms with E-state index in [9.17, 15) is 15.4 Å². The van der Waals surface area contributed by atoms with Crippen LogP contribution >= 0.6 is 0 Å². The van der Waals surface area contributed by atoms with Crippen molar-refractivity contribution in [2.24, 2.45) is 0 Å². The molecule has 1 aromatic carbocycles. The van der Waals surface area contributed by atoms with Gasteiger partial charge in [0.1, 0.15) is 11.2 Å². The van der Waals surface area contributed by atoms with Crippen LogP contribution < -0.4 is 4.90 Å². The van der Waals surface area contributed by atoms with Crippen LogP contribution in [0.4, 0.5) is 11.4 Å². The van der Waals surface area contributed by atoms with E-state index in [0.29, 0.717) is 6.42 Å². The van der Waals surface area contributed by atoms with Crippen molar-refractivity contribution in [3.05, 3.63) is 45.5 Å². The van der Waals surface area contributed by atoms with E-state index in [2.05, 4.69) is 25.7 Å². The Bertz CT molecular complexity index is 1010. The van der Waals surface area contributed by atoms with E-state index in [1.807, 2.05) is 6.07 Å². The number of benzene rings is 1.